The minimum Gasteiger partial charge on any atom is -0.355 e. The Hall–Kier alpha value is -2.93. The fourth-order valence-electron chi connectivity index (χ4n) is 3.99. The molecule has 0 spiro atoms. The van der Waals surface area contributed by atoms with E-state index in [9.17, 15) is 4.79 Å². The Labute approximate surface area is 205 Å². The molecule has 0 aliphatic rings. The summed E-state index contributed by atoms with van der Waals surface area (Å²) < 4.78 is 2.19. The number of carbonyl (C=O) groups is 1. The number of carbonyl (C=O) groups excluding carboxylic acids is 1. The fraction of sp³-hybridized carbons (Fsp3) is 0.407. The van der Waals surface area contributed by atoms with Gasteiger partial charge >= 0.3 is 0 Å². The molecule has 0 bridgehead atoms. The van der Waals surface area contributed by atoms with Crippen LogP contribution in [0.5, 0.6) is 0 Å². The summed E-state index contributed by atoms with van der Waals surface area (Å²) in [5.74, 6) is 0.289. The summed E-state index contributed by atoms with van der Waals surface area (Å²) in [6, 6.07) is 17.0. The third-order valence-electron chi connectivity index (χ3n) is 5.95. The van der Waals surface area contributed by atoms with E-state index in [2.05, 4.69) is 84.2 Å². The molecule has 1 amide bonds. The Bertz CT molecular complexity index is 1270. The van der Waals surface area contributed by atoms with Gasteiger partial charge in [0.1, 0.15) is 5.52 Å². The van der Waals surface area contributed by atoms with E-state index >= 15 is 0 Å². The third kappa shape index (κ3) is 5.58. The number of hydrogen-bond donors (Lipinski definition) is 1. The van der Waals surface area contributed by atoms with Crippen LogP contribution in [0.4, 0.5) is 0 Å². The van der Waals surface area contributed by atoms with E-state index in [1.165, 1.54) is 22.9 Å². The van der Waals surface area contributed by atoms with Crippen LogP contribution in [0.2, 0.25) is 0 Å². The van der Waals surface area contributed by atoms with E-state index in [0.717, 1.165) is 41.3 Å². The summed E-state index contributed by atoms with van der Waals surface area (Å²) >= 11 is 1.33. The van der Waals surface area contributed by atoms with E-state index in [1.54, 1.807) is 0 Å². The van der Waals surface area contributed by atoms with Gasteiger partial charge in [0.15, 0.2) is 5.65 Å². The van der Waals surface area contributed by atoms with Crippen LogP contribution >= 0.6 is 11.8 Å². The summed E-state index contributed by atoms with van der Waals surface area (Å²) in [6.45, 7) is 10.2. The van der Waals surface area contributed by atoms with Crippen LogP contribution in [0.15, 0.2) is 53.7 Å². The monoisotopic (exact) mass is 475 g/mol. The van der Waals surface area contributed by atoms with Gasteiger partial charge < -0.3 is 9.88 Å². The van der Waals surface area contributed by atoms with Crippen LogP contribution in [0, 0.1) is 0 Å². The van der Waals surface area contributed by atoms with Gasteiger partial charge in [-0.25, -0.2) is 4.98 Å². The molecule has 7 heteroatoms. The Morgan fingerprint density at radius 1 is 1.03 bits per heavy atom. The molecule has 0 saturated carbocycles. The molecule has 0 atom stereocenters. The van der Waals surface area contributed by atoms with E-state index in [4.69, 9.17) is 4.98 Å². The standard InChI is InChI=1S/C27H33N5OS/c1-5-6-9-16-28-23(33)18-34-26-29-25-24(30-31-26)21-10-7-8-11-22(21)32(25)17-19-12-14-20(15-13-19)27(2,3)4/h7-8,10-15H,5-6,9,16-18H2,1-4H3,(H,28,33). The number of fused-ring (bicyclic) bond motifs is 3. The van der Waals surface area contributed by atoms with Gasteiger partial charge in [0.25, 0.3) is 0 Å². The van der Waals surface area contributed by atoms with Crippen LogP contribution in [0.1, 0.15) is 58.1 Å². The summed E-state index contributed by atoms with van der Waals surface area (Å²) in [6.07, 6.45) is 3.27. The average Bonchev–Trinajstić information content (AvgIpc) is 3.13. The van der Waals surface area contributed by atoms with Gasteiger partial charge in [-0.15, -0.1) is 10.2 Å². The van der Waals surface area contributed by atoms with Gasteiger partial charge in [-0.3, -0.25) is 4.79 Å². The average molecular weight is 476 g/mol. The van der Waals surface area contributed by atoms with Crippen molar-refractivity contribution in [2.75, 3.05) is 12.3 Å². The summed E-state index contributed by atoms with van der Waals surface area (Å²) in [4.78, 5) is 17.0. The zero-order valence-corrected chi connectivity index (χ0v) is 21.3. The Morgan fingerprint density at radius 3 is 2.53 bits per heavy atom. The Morgan fingerprint density at radius 2 is 1.79 bits per heavy atom. The lowest BCUT2D eigenvalue weighted by molar-refractivity contribution is -0.118. The largest absolute Gasteiger partial charge is 0.355 e. The third-order valence-corrected chi connectivity index (χ3v) is 6.79. The van der Waals surface area contributed by atoms with Gasteiger partial charge in [0.2, 0.25) is 11.1 Å². The van der Waals surface area contributed by atoms with Gasteiger partial charge in [-0.05, 0) is 29.0 Å². The highest BCUT2D eigenvalue weighted by Gasteiger charge is 2.17. The predicted octanol–water partition coefficient (Wildman–Crippen LogP) is 5.72. The molecule has 0 saturated heterocycles. The fourth-order valence-corrected chi connectivity index (χ4v) is 4.60. The first-order chi connectivity index (χ1) is 16.4. The number of amides is 1. The van der Waals surface area contributed by atoms with Crippen molar-refractivity contribution >= 4 is 39.7 Å². The molecule has 34 heavy (non-hydrogen) atoms. The molecule has 0 aliphatic carbocycles. The van der Waals surface area contributed by atoms with E-state index in [1.807, 2.05) is 12.1 Å². The van der Waals surface area contributed by atoms with Crippen LogP contribution in [-0.4, -0.2) is 38.0 Å². The van der Waals surface area contributed by atoms with Crippen molar-refractivity contribution in [2.45, 2.75) is 64.1 Å². The molecule has 0 unspecified atom stereocenters. The zero-order valence-electron chi connectivity index (χ0n) is 20.5. The molecular formula is C27H33N5OS. The number of thioether (sulfide) groups is 1. The van der Waals surface area contributed by atoms with E-state index in [0.29, 0.717) is 18.2 Å². The van der Waals surface area contributed by atoms with Crippen LogP contribution in [0.3, 0.4) is 0 Å². The molecule has 4 aromatic rings. The van der Waals surface area contributed by atoms with Crippen molar-refractivity contribution in [3.63, 3.8) is 0 Å². The van der Waals surface area contributed by atoms with Crippen molar-refractivity contribution in [3.8, 4) is 0 Å². The lowest BCUT2D eigenvalue weighted by atomic mass is 9.87. The first kappa shape index (κ1) is 24.2. The lowest BCUT2D eigenvalue weighted by Crippen LogP contribution is -2.26. The van der Waals surface area contributed by atoms with Crippen molar-refractivity contribution in [3.05, 3.63) is 59.7 Å². The second-order valence-electron chi connectivity index (χ2n) is 9.66. The maximum Gasteiger partial charge on any atom is 0.230 e. The number of aromatic nitrogens is 4. The molecule has 0 aliphatic heterocycles. The summed E-state index contributed by atoms with van der Waals surface area (Å²) in [5, 5.41) is 13.3. The Balaban J connectivity index is 1.58. The first-order valence-corrected chi connectivity index (χ1v) is 13.0. The van der Waals surface area contributed by atoms with Gasteiger partial charge in [0, 0.05) is 18.5 Å². The molecule has 6 nitrogen and oxygen atoms in total. The zero-order chi connectivity index (χ0) is 24.1. The number of unbranched alkanes of at least 4 members (excludes halogenated alkanes) is 2. The van der Waals surface area contributed by atoms with Crippen molar-refractivity contribution in [1.82, 2.24) is 25.1 Å². The minimum atomic E-state index is 0.00396. The summed E-state index contributed by atoms with van der Waals surface area (Å²) in [7, 11) is 0. The second-order valence-corrected chi connectivity index (χ2v) is 10.6. The van der Waals surface area contributed by atoms with Gasteiger partial charge in [-0.1, -0.05) is 94.8 Å². The van der Waals surface area contributed by atoms with Crippen molar-refractivity contribution < 1.29 is 4.79 Å². The van der Waals surface area contributed by atoms with Crippen LogP contribution < -0.4 is 5.32 Å². The number of para-hydroxylation sites is 1. The quantitative estimate of drug-likeness (QED) is 0.247. The number of benzene rings is 2. The second kappa shape index (κ2) is 10.6. The smallest absolute Gasteiger partial charge is 0.230 e. The topological polar surface area (TPSA) is 72.7 Å². The normalized spacial score (nSPS) is 11.9. The first-order valence-electron chi connectivity index (χ1n) is 12.0. The van der Waals surface area contributed by atoms with Gasteiger partial charge in [0.05, 0.1) is 11.3 Å². The van der Waals surface area contributed by atoms with E-state index in [-0.39, 0.29) is 17.1 Å². The van der Waals surface area contributed by atoms with Gasteiger partial charge in [-0.2, -0.15) is 0 Å². The van der Waals surface area contributed by atoms with Crippen molar-refractivity contribution in [1.29, 1.82) is 0 Å². The van der Waals surface area contributed by atoms with E-state index < -0.39 is 0 Å². The van der Waals surface area contributed by atoms with Crippen molar-refractivity contribution in [2.24, 2.45) is 0 Å². The molecular weight excluding hydrogens is 442 g/mol. The SMILES string of the molecule is CCCCCNC(=O)CSc1nnc2c3ccccc3n(Cc3ccc(C(C)(C)C)cc3)c2n1. The van der Waals surface area contributed by atoms with Crippen LogP contribution in [-0.2, 0) is 16.8 Å². The molecule has 2 aromatic carbocycles. The highest BCUT2D eigenvalue weighted by molar-refractivity contribution is 7.99. The highest BCUT2D eigenvalue weighted by Crippen LogP contribution is 2.29. The van der Waals surface area contributed by atoms with Crippen LogP contribution in [0.25, 0.3) is 22.1 Å². The highest BCUT2D eigenvalue weighted by atomic mass is 32.2. The molecule has 0 fully saturated rings. The number of nitrogens with zero attached hydrogens (tertiary/aromatic N) is 4. The predicted molar refractivity (Wildman–Crippen MR) is 140 cm³/mol. The molecule has 1 N–H and O–H groups in total. The molecule has 0 radical (unpaired) electrons. The Kier molecular flexibility index (Phi) is 7.51. The maximum absolute atomic E-state index is 12.2. The number of rotatable bonds is 9. The number of hydrogen-bond acceptors (Lipinski definition) is 5. The number of nitrogens with one attached hydrogen (secondary N) is 1. The maximum atomic E-state index is 12.2. The molecule has 178 valence electrons. The molecule has 4 rings (SSSR count). The minimum absolute atomic E-state index is 0.00396. The lowest BCUT2D eigenvalue weighted by Gasteiger charge is -2.19. The molecule has 2 aromatic heterocycles. The summed E-state index contributed by atoms with van der Waals surface area (Å²) in [5.41, 5.74) is 5.30. The molecule has 2 heterocycles.